The van der Waals surface area contributed by atoms with Gasteiger partial charge in [-0.15, -0.1) is 0 Å². The molecule has 14 rings (SSSR count). The molecule has 0 aliphatic carbocycles. The number of benzene rings is 9. The van der Waals surface area contributed by atoms with Crippen molar-refractivity contribution in [3.8, 4) is 22.5 Å². The zero-order valence-corrected chi connectivity index (χ0v) is 34.4. The quantitative estimate of drug-likeness (QED) is 0.188. The molecule has 13 aromatic rings. The van der Waals surface area contributed by atoms with Crippen LogP contribution in [0.4, 0.5) is 5.69 Å². The maximum atomic E-state index is 6.72. The second-order valence-corrected chi connectivity index (χ2v) is 16.7. The van der Waals surface area contributed by atoms with E-state index in [2.05, 4.69) is 196 Å². The molecule has 0 saturated heterocycles. The first-order chi connectivity index (χ1) is 31.7. The number of furan rings is 2. The molecule has 0 fully saturated rings. The maximum Gasteiger partial charge on any atom is 0.157 e. The lowest BCUT2D eigenvalue weighted by atomic mass is 9.97. The molecule has 0 radical (unpaired) electrons. The van der Waals surface area contributed by atoms with Crippen molar-refractivity contribution in [2.24, 2.45) is 4.99 Å². The standard InChI is InChI=1S/C58H36N4O2/c1-3-14-35(15-4-1)36-26-28-37(29-27-36)54-57-55(43-20-9-12-24-49(43)64-57)60-58(59-54)38-30-33-50-44(34-38)52-47(23-13-25-51(52)63-50)62-45-21-10-7-18-40(45)41-31-32-48-53(56(41)62)42-19-8-11-22-46(42)61(48)39-16-5-2-6-17-39/h1-34,54H,(H,59,60). The van der Waals surface area contributed by atoms with Crippen molar-refractivity contribution in [3.05, 3.63) is 223 Å². The molecule has 1 aliphatic rings. The van der Waals surface area contributed by atoms with Crippen LogP contribution in [0, 0.1) is 0 Å². The highest BCUT2D eigenvalue weighted by Crippen LogP contribution is 2.46. The normalized spacial score (nSPS) is 14.0. The van der Waals surface area contributed by atoms with Gasteiger partial charge < -0.3 is 23.3 Å². The van der Waals surface area contributed by atoms with Crippen molar-refractivity contribution in [2.75, 3.05) is 0 Å². The SMILES string of the molecule is c1ccc(-c2ccc(C3NC(c4ccc5oc6cccc(-n7c8ccccc8c8ccc9c(c%10ccccc%10n9-c9ccccc9)c87)c6c5c4)=Nc4c3oc3ccccc43)cc2)cc1. The third-order valence-electron chi connectivity index (χ3n) is 13.2. The minimum absolute atomic E-state index is 0.259. The highest BCUT2D eigenvalue weighted by Gasteiger charge is 2.31. The van der Waals surface area contributed by atoms with E-state index in [-0.39, 0.29) is 6.04 Å². The van der Waals surface area contributed by atoms with E-state index < -0.39 is 0 Å². The number of para-hydroxylation sites is 4. The molecule has 1 N–H and O–H groups in total. The highest BCUT2D eigenvalue weighted by molar-refractivity contribution is 6.27. The Morgan fingerprint density at radius 1 is 0.422 bits per heavy atom. The molecule has 6 heteroatoms. The molecule has 300 valence electrons. The minimum atomic E-state index is -0.259. The van der Waals surface area contributed by atoms with Gasteiger partial charge in [-0.3, -0.25) is 0 Å². The van der Waals surface area contributed by atoms with Gasteiger partial charge in [0.05, 0.1) is 33.1 Å². The maximum absolute atomic E-state index is 6.72. The molecule has 0 bridgehead atoms. The van der Waals surface area contributed by atoms with Gasteiger partial charge in [-0.2, -0.15) is 0 Å². The van der Waals surface area contributed by atoms with E-state index in [1.807, 2.05) is 24.3 Å². The van der Waals surface area contributed by atoms with Gasteiger partial charge in [0.15, 0.2) is 5.76 Å². The van der Waals surface area contributed by atoms with Gasteiger partial charge in [-0.1, -0.05) is 133 Å². The summed E-state index contributed by atoms with van der Waals surface area (Å²) in [6, 6.07) is 72.8. The van der Waals surface area contributed by atoms with Crippen LogP contribution in [0.25, 0.3) is 99.0 Å². The van der Waals surface area contributed by atoms with Crippen LogP contribution < -0.4 is 5.32 Å². The number of nitrogens with one attached hydrogen (secondary N) is 1. The molecule has 4 aromatic heterocycles. The molecule has 64 heavy (non-hydrogen) atoms. The van der Waals surface area contributed by atoms with Crippen LogP contribution in [0.3, 0.4) is 0 Å². The van der Waals surface area contributed by atoms with Crippen molar-refractivity contribution < 1.29 is 8.83 Å². The minimum Gasteiger partial charge on any atom is -0.456 e. The monoisotopic (exact) mass is 820 g/mol. The summed E-state index contributed by atoms with van der Waals surface area (Å²) in [7, 11) is 0. The zero-order valence-electron chi connectivity index (χ0n) is 34.4. The van der Waals surface area contributed by atoms with E-state index in [9.17, 15) is 0 Å². The predicted molar refractivity (Wildman–Crippen MR) is 262 cm³/mol. The predicted octanol–water partition coefficient (Wildman–Crippen LogP) is 15.0. The lowest BCUT2D eigenvalue weighted by Gasteiger charge is -2.24. The first-order valence-electron chi connectivity index (χ1n) is 21.7. The molecular weight excluding hydrogens is 785 g/mol. The average molecular weight is 821 g/mol. The summed E-state index contributed by atoms with van der Waals surface area (Å²) in [6.45, 7) is 0. The number of aromatic nitrogens is 2. The second-order valence-electron chi connectivity index (χ2n) is 16.7. The first kappa shape index (κ1) is 35.0. The molecule has 0 saturated carbocycles. The van der Waals surface area contributed by atoms with Gasteiger partial charge in [-0.25, -0.2) is 4.99 Å². The van der Waals surface area contributed by atoms with Crippen LogP contribution >= 0.6 is 0 Å². The number of amidine groups is 1. The summed E-state index contributed by atoms with van der Waals surface area (Å²) < 4.78 is 18.2. The molecule has 6 nitrogen and oxygen atoms in total. The number of fused-ring (bicyclic) bond motifs is 13. The molecule has 1 unspecified atom stereocenters. The second kappa shape index (κ2) is 13.4. The van der Waals surface area contributed by atoms with Crippen LogP contribution in [0.1, 0.15) is 22.9 Å². The third kappa shape index (κ3) is 5.05. The van der Waals surface area contributed by atoms with E-state index in [0.29, 0.717) is 0 Å². The molecular formula is C58H36N4O2. The molecule has 1 atom stereocenters. The van der Waals surface area contributed by atoms with Crippen molar-refractivity contribution in [1.82, 2.24) is 14.5 Å². The summed E-state index contributed by atoms with van der Waals surface area (Å²) in [5.41, 5.74) is 14.5. The summed E-state index contributed by atoms with van der Waals surface area (Å²) in [5, 5.41) is 11.7. The van der Waals surface area contributed by atoms with Crippen molar-refractivity contribution in [1.29, 1.82) is 0 Å². The summed E-state index contributed by atoms with van der Waals surface area (Å²) in [6.07, 6.45) is 0. The lowest BCUT2D eigenvalue weighted by molar-refractivity contribution is 0.504. The van der Waals surface area contributed by atoms with Gasteiger partial charge in [-0.05, 0) is 89.5 Å². The van der Waals surface area contributed by atoms with Crippen LogP contribution in [0.5, 0.6) is 0 Å². The molecule has 5 heterocycles. The van der Waals surface area contributed by atoms with Gasteiger partial charge in [0, 0.05) is 43.6 Å². The van der Waals surface area contributed by atoms with E-state index in [4.69, 9.17) is 13.8 Å². The number of rotatable bonds is 5. The van der Waals surface area contributed by atoms with Gasteiger partial charge in [0.2, 0.25) is 0 Å². The Bertz CT molecular complexity index is 4040. The van der Waals surface area contributed by atoms with Gasteiger partial charge in [0.25, 0.3) is 0 Å². The Hall–Kier alpha value is -8.61. The summed E-state index contributed by atoms with van der Waals surface area (Å²) >= 11 is 0. The largest absolute Gasteiger partial charge is 0.456 e. The summed E-state index contributed by atoms with van der Waals surface area (Å²) in [5.74, 6) is 1.58. The van der Waals surface area contributed by atoms with E-state index in [0.717, 1.165) is 89.3 Å². The fourth-order valence-corrected chi connectivity index (χ4v) is 10.3. The van der Waals surface area contributed by atoms with Crippen molar-refractivity contribution in [3.63, 3.8) is 0 Å². The number of aliphatic imine (C=N–C) groups is 1. The molecule has 1 aliphatic heterocycles. The van der Waals surface area contributed by atoms with Gasteiger partial charge in [0.1, 0.15) is 34.3 Å². The fraction of sp³-hybridized carbons (Fsp3) is 0.0172. The number of hydrogen-bond donors (Lipinski definition) is 1. The van der Waals surface area contributed by atoms with E-state index >= 15 is 0 Å². The molecule has 0 amide bonds. The molecule has 0 spiro atoms. The van der Waals surface area contributed by atoms with Crippen LogP contribution in [-0.4, -0.2) is 15.0 Å². The zero-order chi connectivity index (χ0) is 41.9. The Kier molecular flexibility index (Phi) is 7.36. The topological polar surface area (TPSA) is 60.5 Å². The average Bonchev–Trinajstić information content (AvgIpc) is 4.12. The number of nitrogens with zero attached hydrogens (tertiary/aromatic N) is 3. The Balaban J connectivity index is 0.987. The van der Waals surface area contributed by atoms with Gasteiger partial charge >= 0.3 is 0 Å². The van der Waals surface area contributed by atoms with Crippen LogP contribution in [0.2, 0.25) is 0 Å². The molecule has 9 aromatic carbocycles. The van der Waals surface area contributed by atoms with Crippen molar-refractivity contribution >= 4 is 88.0 Å². The highest BCUT2D eigenvalue weighted by atomic mass is 16.3. The Morgan fingerprint density at radius 2 is 1.08 bits per heavy atom. The third-order valence-corrected chi connectivity index (χ3v) is 13.2. The Labute approximate surface area is 366 Å². The van der Waals surface area contributed by atoms with Crippen LogP contribution in [0.15, 0.2) is 220 Å². The number of hydrogen-bond acceptors (Lipinski definition) is 4. The van der Waals surface area contributed by atoms with E-state index in [1.54, 1.807) is 0 Å². The Morgan fingerprint density at radius 3 is 1.91 bits per heavy atom. The van der Waals surface area contributed by atoms with Crippen LogP contribution in [-0.2, 0) is 0 Å². The lowest BCUT2D eigenvalue weighted by Crippen LogP contribution is -2.32. The fourth-order valence-electron chi connectivity index (χ4n) is 10.3. The smallest absolute Gasteiger partial charge is 0.157 e. The summed E-state index contributed by atoms with van der Waals surface area (Å²) in [4.78, 5) is 5.33. The van der Waals surface area contributed by atoms with Crippen molar-refractivity contribution in [2.45, 2.75) is 6.04 Å². The van der Waals surface area contributed by atoms with E-state index in [1.165, 1.54) is 38.1 Å². The first-order valence-corrected chi connectivity index (χ1v) is 21.7.